The van der Waals surface area contributed by atoms with E-state index in [-0.39, 0.29) is 0 Å². The van der Waals surface area contributed by atoms with Gasteiger partial charge in [0.1, 0.15) is 5.15 Å². The van der Waals surface area contributed by atoms with Crippen LogP contribution in [0.15, 0.2) is 18.3 Å². The molecule has 12 heavy (non-hydrogen) atoms. The second kappa shape index (κ2) is 3.42. The van der Waals surface area contributed by atoms with Crippen LogP contribution in [0.4, 0.5) is 0 Å². The molecule has 0 unspecified atom stereocenters. The third kappa shape index (κ3) is 1.59. The minimum absolute atomic E-state index is 0.657. The van der Waals surface area contributed by atoms with Gasteiger partial charge < -0.3 is 5.32 Å². The quantitative estimate of drug-likeness (QED) is 0.702. The van der Waals surface area contributed by atoms with Gasteiger partial charge in [0.2, 0.25) is 0 Å². The van der Waals surface area contributed by atoms with Gasteiger partial charge in [0.15, 0.2) is 0 Å². The fourth-order valence-electron chi connectivity index (χ4n) is 1.38. The zero-order valence-electron chi connectivity index (χ0n) is 6.76. The SMILES string of the molecule is Clc1ncccc1CC1CNC1. The average molecular weight is 183 g/mol. The van der Waals surface area contributed by atoms with Crippen LogP contribution in [-0.2, 0) is 6.42 Å². The highest BCUT2D eigenvalue weighted by Gasteiger charge is 2.17. The van der Waals surface area contributed by atoms with E-state index in [4.69, 9.17) is 11.6 Å². The van der Waals surface area contributed by atoms with Gasteiger partial charge in [-0.3, -0.25) is 0 Å². The lowest BCUT2D eigenvalue weighted by Gasteiger charge is -2.27. The van der Waals surface area contributed by atoms with Crippen LogP contribution < -0.4 is 5.32 Å². The third-order valence-corrected chi connectivity index (χ3v) is 2.55. The summed E-state index contributed by atoms with van der Waals surface area (Å²) in [6, 6.07) is 3.99. The number of nitrogens with zero attached hydrogens (tertiary/aromatic N) is 1. The number of halogens is 1. The van der Waals surface area contributed by atoms with Crippen molar-refractivity contribution in [2.24, 2.45) is 5.92 Å². The summed E-state index contributed by atoms with van der Waals surface area (Å²) in [5.41, 5.74) is 1.17. The Balaban J connectivity index is 2.06. The molecule has 0 atom stereocenters. The highest BCUT2D eigenvalue weighted by Crippen LogP contribution is 2.18. The van der Waals surface area contributed by atoms with Crippen molar-refractivity contribution in [3.8, 4) is 0 Å². The number of hydrogen-bond acceptors (Lipinski definition) is 2. The van der Waals surface area contributed by atoms with Crippen molar-refractivity contribution in [2.45, 2.75) is 6.42 Å². The molecule has 2 nitrogen and oxygen atoms in total. The molecule has 0 saturated carbocycles. The van der Waals surface area contributed by atoms with Crippen molar-refractivity contribution >= 4 is 11.6 Å². The average Bonchev–Trinajstić information content (AvgIpc) is 2.00. The van der Waals surface area contributed by atoms with E-state index in [2.05, 4.69) is 10.3 Å². The highest BCUT2D eigenvalue weighted by molar-refractivity contribution is 6.30. The van der Waals surface area contributed by atoms with E-state index in [9.17, 15) is 0 Å². The predicted octanol–water partition coefficient (Wildman–Crippen LogP) is 1.50. The van der Waals surface area contributed by atoms with Crippen molar-refractivity contribution in [3.05, 3.63) is 29.0 Å². The van der Waals surface area contributed by atoms with E-state index >= 15 is 0 Å². The molecule has 64 valence electrons. The second-order valence-corrected chi connectivity index (χ2v) is 3.54. The predicted molar refractivity (Wildman–Crippen MR) is 49.3 cm³/mol. The molecule has 3 heteroatoms. The number of pyridine rings is 1. The Morgan fingerprint density at radius 2 is 2.42 bits per heavy atom. The van der Waals surface area contributed by atoms with Gasteiger partial charge in [-0.15, -0.1) is 0 Å². The van der Waals surface area contributed by atoms with E-state index in [1.165, 1.54) is 5.56 Å². The lowest BCUT2D eigenvalue weighted by atomic mass is 9.95. The standard InChI is InChI=1S/C9H11ClN2/c10-9-8(2-1-3-12-9)4-7-5-11-6-7/h1-3,7,11H,4-6H2. The fraction of sp³-hybridized carbons (Fsp3) is 0.444. The molecule has 1 aromatic rings. The maximum Gasteiger partial charge on any atom is 0.132 e. The maximum atomic E-state index is 5.92. The van der Waals surface area contributed by atoms with Gasteiger partial charge >= 0.3 is 0 Å². The monoisotopic (exact) mass is 182 g/mol. The Kier molecular flexibility index (Phi) is 2.28. The number of rotatable bonds is 2. The van der Waals surface area contributed by atoms with Gasteiger partial charge in [-0.2, -0.15) is 0 Å². The topological polar surface area (TPSA) is 24.9 Å². The van der Waals surface area contributed by atoms with Crippen LogP contribution in [0.25, 0.3) is 0 Å². The van der Waals surface area contributed by atoms with Crippen LogP contribution in [0.3, 0.4) is 0 Å². The van der Waals surface area contributed by atoms with Crippen LogP contribution in [0.5, 0.6) is 0 Å². The summed E-state index contributed by atoms with van der Waals surface area (Å²) in [5.74, 6) is 0.756. The smallest absolute Gasteiger partial charge is 0.132 e. The summed E-state index contributed by atoms with van der Waals surface area (Å²) in [7, 11) is 0. The Labute approximate surface area is 77.0 Å². The van der Waals surface area contributed by atoms with Crippen LogP contribution >= 0.6 is 11.6 Å². The molecule has 2 heterocycles. The minimum atomic E-state index is 0.657. The maximum absolute atomic E-state index is 5.92. The van der Waals surface area contributed by atoms with Gasteiger partial charge in [0.05, 0.1) is 0 Å². The zero-order chi connectivity index (χ0) is 8.39. The molecule has 0 amide bonds. The summed E-state index contributed by atoms with van der Waals surface area (Å²) < 4.78 is 0. The van der Waals surface area contributed by atoms with Crippen molar-refractivity contribution in [2.75, 3.05) is 13.1 Å². The molecule has 1 aliphatic rings. The second-order valence-electron chi connectivity index (χ2n) is 3.18. The Morgan fingerprint density at radius 1 is 1.58 bits per heavy atom. The molecule has 1 N–H and O–H groups in total. The van der Waals surface area contributed by atoms with Gasteiger partial charge in [-0.25, -0.2) is 4.98 Å². The summed E-state index contributed by atoms with van der Waals surface area (Å²) in [6.07, 6.45) is 2.78. The molecule has 0 aromatic carbocycles. The van der Waals surface area contributed by atoms with E-state index in [0.717, 1.165) is 25.4 Å². The molecule has 2 rings (SSSR count). The Morgan fingerprint density at radius 3 is 3.00 bits per heavy atom. The third-order valence-electron chi connectivity index (χ3n) is 2.21. The molecule has 0 bridgehead atoms. The van der Waals surface area contributed by atoms with E-state index in [1.807, 2.05) is 12.1 Å². The van der Waals surface area contributed by atoms with Crippen molar-refractivity contribution < 1.29 is 0 Å². The van der Waals surface area contributed by atoms with Crippen molar-refractivity contribution in [3.63, 3.8) is 0 Å². The first-order chi connectivity index (χ1) is 5.86. The molecule has 1 aliphatic heterocycles. The van der Waals surface area contributed by atoms with Gasteiger partial charge in [-0.05, 0) is 37.1 Å². The summed E-state index contributed by atoms with van der Waals surface area (Å²) in [5, 5.41) is 3.89. The summed E-state index contributed by atoms with van der Waals surface area (Å²) in [6.45, 7) is 2.23. The van der Waals surface area contributed by atoms with E-state index in [0.29, 0.717) is 5.15 Å². The summed E-state index contributed by atoms with van der Waals surface area (Å²) >= 11 is 5.92. The number of aromatic nitrogens is 1. The van der Waals surface area contributed by atoms with Crippen LogP contribution in [0, 0.1) is 5.92 Å². The van der Waals surface area contributed by atoms with Crippen molar-refractivity contribution in [1.82, 2.24) is 10.3 Å². The number of nitrogens with one attached hydrogen (secondary N) is 1. The van der Waals surface area contributed by atoms with Gasteiger partial charge in [-0.1, -0.05) is 17.7 Å². The van der Waals surface area contributed by atoms with Crippen molar-refractivity contribution in [1.29, 1.82) is 0 Å². The number of hydrogen-bond donors (Lipinski definition) is 1. The Hall–Kier alpha value is -0.600. The largest absolute Gasteiger partial charge is 0.316 e. The first-order valence-corrected chi connectivity index (χ1v) is 4.54. The van der Waals surface area contributed by atoms with Crippen LogP contribution in [-0.4, -0.2) is 18.1 Å². The first kappa shape index (κ1) is 8.02. The molecule has 0 aliphatic carbocycles. The molecule has 0 radical (unpaired) electrons. The summed E-state index contributed by atoms with van der Waals surface area (Å²) in [4.78, 5) is 4.04. The molecule has 0 spiro atoms. The minimum Gasteiger partial charge on any atom is -0.316 e. The lowest BCUT2D eigenvalue weighted by molar-refractivity contribution is 0.346. The van der Waals surface area contributed by atoms with Crippen LogP contribution in [0.2, 0.25) is 5.15 Å². The zero-order valence-corrected chi connectivity index (χ0v) is 7.51. The molecule has 1 fully saturated rings. The molecular weight excluding hydrogens is 172 g/mol. The first-order valence-electron chi connectivity index (χ1n) is 4.16. The molecule has 1 saturated heterocycles. The van der Waals surface area contributed by atoms with E-state index < -0.39 is 0 Å². The van der Waals surface area contributed by atoms with Gasteiger partial charge in [0, 0.05) is 6.20 Å². The lowest BCUT2D eigenvalue weighted by Crippen LogP contribution is -2.43. The van der Waals surface area contributed by atoms with Gasteiger partial charge in [0.25, 0.3) is 0 Å². The molecule has 1 aromatic heterocycles. The molecular formula is C9H11ClN2. The van der Waals surface area contributed by atoms with E-state index in [1.54, 1.807) is 6.20 Å². The Bertz CT molecular complexity index is 271. The highest BCUT2D eigenvalue weighted by atomic mass is 35.5. The fourth-order valence-corrected chi connectivity index (χ4v) is 1.57. The normalized spacial score (nSPS) is 17.4. The van der Waals surface area contributed by atoms with Crippen LogP contribution in [0.1, 0.15) is 5.56 Å².